The van der Waals surface area contributed by atoms with Crippen LogP contribution in [0.15, 0.2) is 18.2 Å². The number of aromatic nitrogens is 1. The van der Waals surface area contributed by atoms with Gasteiger partial charge >= 0.3 is 6.18 Å². The van der Waals surface area contributed by atoms with Crippen molar-refractivity contribution in [3.8, 4) is 6.07 Å². The van der Waals surface area contributed by atoms with Crippen molar-refractivity contribution in [1.82, 2.24) is 4.98 Å². The van der Waals surface area contributed by atoms with Gasteiger partial charge in [-0.1, -0.05) is 0 Å². The highest BCUT2D eigenvalue weighted by Crippen LogP contribution is 2.34. The summed E-state index contributed by atoms with van der Waals surface area (Å²) in [7, 11) is 1.45. The van der Waals surface area contributed by atoms with Crippen molar-refractivity contribution in [3.05, 3.63) is 28.8 Å². The minimum Gasteiger partial charge on any atom is -0.381 e. The maximum atomic E-state index is 12.7. The Labute approximate surface area is 134 Å². The molecule has 122 valence electrons. The number of ether oxygens (including phenoxy) is 1. The van der Waals surface area contributed by atoms with Gasteiger partial charge in [0.2, 0.25) is 0 Å². The van der Waals surface area contributed by atoms with Crippen LogP contribution in [-0.2, 0) is 15.7 Å². The fourth-order valence-electron chi connectivity index (χ4n) is 1.99. The van der Waals surface area contributed by atoms with Gasteiger partial charge in [0.1, 0.15) is 5.01 Å². The molecule has 0 bridgehead atoms. The van der Waals surface area contributed by atoms with Gasteiger partial charge < -0.3 is 4.74 Å². The fraction of sp³-hybridized carbons (Fsp3) is 0.400. The number of rotatable bonds is 5. The Balaban J connectivity index is 2.35. The molecule has 0 aliphatic carbocycles. The zero-order valence-corrected chi connectivity index (χ0v) is 13.2. The average molecular weight is 342 g/mol. The zero-order chi connectivity index (χ0) is 17.2. The molecule has 23 heavy (non-hydrogen) atoms. The number of Topliss-reactive ketones (excluding diaryl/α,β-unsaturated/α-hetero) is 1. The number of fused-ring (bicyclic) bond motifs is 1. The Morgan fingerprint density at radius 1 is 1.48 bits per heavy atom. The van der Waals surface area contributed by atoms with Crippen molar-refractivity contribution < 1.29 is 22.7 Å². The summed E-state index contributed by atoms with van der Waals surface area (Å²) in [5.41, 5.74) is -0.678. The first-order valence-electron chi connectivity index (χ1n) is 6.69. The Kier molecular flexibility index (Phi) is 5.02. The SMILES string of the molecule is CO[C@@H](C)CC(=O)[C@@H](C#N)c1nc2cc(C(F)(F)F)ccc2s1. The molecule has 2 rings (SSSR count). The van der Waals surface area contributed by atoms with Crippen molar-refractivity contribution in [1.29, 1.82) is 5.26 Å². The highest BCUT2D eigenvalue weighted by molar-refractivity contribution is 7.18. The number of carbonyl (C=O) groups excluding carboxylic acids is 1. The molecule has 0 saturated heterocycles. The highest BCUT2D eigenvalue weighted by atomic mass is 32.1. The number of methoxy groups -OCH3 is 1. The van der Waals surface area contributed by atoms with Crippen LogP contribution in [-0.4, -0.2) is 24.0 Å². The molecule has 0 radical (unpaired) electrons. The van der Waals surface area contributed by atoms with E-state index in [1.54, 1.807) is 6.92 Å². The third-order valence-corrected chi connectivity index (χ3v) is 4.42. The van der Waals surface area contributed by atoms with E-state index in [1.165, 1.54) is 13.2 Å². The Morgan fingerprint density at radius 3 is 2.74 bits per heavy atom. The number of halogens is 3. The molecule has 0 fully saturated rings. The van der Waals surface area contributed by atoms with Crippen molar-refractivity contribution in [2.45, 2.75) is 31.5 Å². The molecular weight excluding hydrogens is 329 g/mol. The lowest BCUT2D eigenvalue weighted by molar-refractivity contribution is -0.137. The zero-order valence-electron chi connectivity index (χ0n) is 12.3. The van der Waals surface area contributed by atoms with Crippen LogP contribution in [0.4, 0.5) is 13.2 Å². The van der Waals surface area contributed by atoms with E-state index in [-0.39, 0.29) is 28.8 Å². The van der Waals surface area contributed by atoms with Crippen LogP contribution in [0.2, 0.25) is 0 Å². The lowest BCUT2D eigenvalue weighted by atomic mass is 10.0. The number of carbonyl (C=O) groups is 1. The minimum atomic E-state index is -4.46. The molecule has 1 heterocycles. The van der Waals surface area contributed by atoms with Gasteiger partial charge in [-0.25, -0.2) is 4.98 Å². The van der Waals surface area contributed by atoms with E-state index in [4.69, 9.17) is 4.74 Å². The third-order valence-electron chi connectivity index (χ3n) is 3.32. The molecule has 4 nitrogen and oxygen atoms in total. The van der Waals surface area contributed by atoms with Crippen molar-refractivity contribution in [2.75, 3.05) is 7.11 Å². The molecule has 0 aliphatic rings. The maximum Gasteiger partial charge on any atom is 0.416 e. The number of hydrogen-bond donors (Lipinski definition) is 0. The normalized spacial score (nSPS) is 14.4. The van der Waals surface area contributed by atoms with E-state index in [0.717, 1.165) is 23.5 Å². The molecular formula is C15H13F3N2O2S. The van der Waals surface area contributed by atoms with Crippen LogP contribution in [0.5, 0.6) is 0 Å². The molecule has 8 heteroatoms. The van der Waals surface area contributed by atoms with E-state index >= 15 is 0 Å². The molecule has 0 amide bonds. The van der Waals surface area contributed by atoms with Crippen molar-refractivity contribution in [2.24, 2.45) is 0 Å². The van der Waals surface area contributed by atoms with E-state index in [2.05, 4.69) is 4.98 Å². The summed E-state index contributed by atoms with van der Waals surface area (Å²) in [6, 6.07) is 5.06. The first kappa shape index (κ1) is 17.4. The number of alkyl halides is 3. The second kappa shape index (κ2) is 6.64. The summed E-state index contributed by atoms with van der Waals surface area (Å²) in [4.78, 5) is 16.2. The smallest absolute Gasteiger partial charge is 0.381 e. The summed E-state index contributed by atoms with van der Waals surface area (Å²) in [5.74, 6) is -1.46. The quantitative estimate of drug-likeness (QED) is 0.826. The van der Waals surface area contributed by atoms with Gasteiger partial charge in [0.05, 0.1) is 28.0 Å². The standard InChI is InChI=1S/C15H13F3N2O2S/c1-8(22-2)5-12(21)10(7-19)14-20-11-6-9(15(16,17)18)3-4-13(11)23-14/h3-4,6,8,10H,5H2,1-2H3/t8-,10+/m0/s1. The van der Waals surface area contributed by atoms with Gasteiger partial charge in [0.15, 0.2) is 11.7 Å². The van der Waals surface area contributed by atoms with Crippen LogP contribution < -0.4 is 0 Å². The van der Waals surface area contributed by atoms with Gasteiger partial charge in [-0.15, -0.1) is 11.3 Å². The predicted molar refractivity (Wildman–Crippen MR) is 79.1 cm³/mol. The van der Waals surface area contributed by atoms with E-state index in [9.17, 15) is 23.2 Å². The third kappa shape index (κ3) is 3.86. The van der Waals surface area contributed by atoms with Crippen LogP contribution >= 0.6 is 11.3 Å². The van der Waals surface area contributed by atoms with Gasteiger partial charge in [-0.2, -0.15) is 18.4 Å². The number of thiazole rings is 1. The molecule has 2 atom stereocenters. The minimum absolute atomic E-state index is 0.0401. The summed E-state index contributed by atoms with van der Waals surface area (Å²) >= 11 is 1.05. The molecule has 2 aromatic rings. The largest absolute Gasteiger partial charge is 0.416 e. The molecule has 0 aliphatic heterocycles. The number of nitrogens with zero attached hydrogens (tertiary/aromatic N) is 2. The highest BCUT2D eigenvalue weighted by Gasteiger charge is 2.31. The van der Waals surface area contributed by atoms with Crippen molar-refractivity contribution >= 4 is 27.3 Å². The summed E-state index contributed by atoms with van der Waals surface area (Å²) in [6.45, 7) is 1.69. The topological polar surface area (TPSA) is 63.0 Å². The summed E-state index contributed by atoms with van der Waals surface area (Å²) in [5, 5.41) is 9.42. The second-order valence-electron chi connectivity index (χ2n) is 5.01. The molecule has 0 saturated carbocycles. The molecule has 0 spiro atoms. The van der Waals surface area contributed by atoms with Crippen LogP contribution in [0.25, 0.3) is 10.2 Å². The predicted octanol–water partition coefficient (Wildman–Crippen LogP) is 3.92. The fourth-order valence-corrected chi connectivity index (χ4v) is 3.01. The van der Waals surface area contributed by atoms with Gasteiger partial charge in [-0.05, 0) is 25.1 Å². The van der Waals surface area contributed by atoms with Gasteiger partial charge in [0, 0.05) is 13.5 Å². The molecule has 1 aromatic carbocycles. The number of hydrogen-bond acceptors (Lipinski definition) is 5. The van der Waals surface area contributed by atoms with E-state index < -0.39 is 17.7 Å². The first-order valence-corrected chi connectivity index (χ1v) is 7.50. The number of nitriles is 1. The summed E-state index contributed by atoms with van der Waals surface area (Å²) in [6.07, 6.45) is -4.76. The van der Waals surface area contributed by atoms with Crippen LogP contribution in [0.1, 0.15) is 29.8 Å². The van der Waals surface area contributed by atoms with Crippen LogP contribution in [0.3, 0.4) is 0 Å². The first-order chi connectivity index (χ1) is 10.8. The average Bonchev–Trinajstić information content (AvgIpc) is 2.89. The number of benzene rings is 1. The lowest BCUT2D eigenvalue weighted by Gasteiger charge is -2.10. The van der Waals surface area contributed by atoms with E-state index in [1.807, 2.05) is 6.07 Å². The molecule has 1 aromatic heterocycles. The second-order valence-corrected chi connectivity index (χ2v) is 6.07. The Morgan fingerprint density at radius 2 is 2.17 bits per heavy atom. The molecule has 0 unspecified atom stereocenters. The monoisotopic (exact) mass is 342 g/mol. The maximum absolute atomic E-state index is 12.7. The van der Waals surface area contributed by atoms with Crippen molar-refractivity contribution in [3.63, 3.8) is 0 Å². The Hall–Kier alpha value is -1.98. The van der Waals surface area contributed by atoms with Gasteiger partial charge in [-0.3, -0.25) is 4.79 Å². The van der Waals surface area contributed by atoms with Crippen LogP contribution in [0, 0.1) is 11.3 Å². The Bertz CT molecular complexity index is 764. The van der Waals surface area contributed by atoms with Gasteiger partial charge in [0.25, 0.3) is 0 Å². The summed E-state index contributed by atoms with van der Waals surface area (Å²) < 4.78 is 43.6. The number of ketones is 1. The lowest BCUT2D eigenvalue weighted by Crippen LogP contribution is -2.18. The van der Waals surface area contributed by atoms with E-state index in [0.29, 0.717) is 4.70 Å². The molecule has 0 N–H and O–H groups in total.